The first-order valence-corrected chi connectivity index (χ1v) is 12.4. The average molecular weight is 439 g/mol. The van der Waals surface area contributed by atoms with E-state index in [4.69, 9.17) is 0 Å². The van der Waals surface area contributed by atoms with Gasteiger partial charge in [-0.2, -0.15) is 0 Å². The molecule has 4 aromatic carbocycles. The van der Waals surface area contributed by atoms with Crippen LogP contribution in [0.5, 0.6) is 0 Å². The van der Waals surface area contributed by atoms with Crippen molar-refractivity contribution in [1.29, 1.82) is 0 Å². The van der Waals surface area contributed by atoms with Crippen LogP contribution in [0.1, 0.15) is 48.9 Å². The number of allylic oxidation sites excluding steroid dienone is 4. The Kier molecular flexibility index (Phi) is 5.30. The summed E-state index contributed by atoms with van der Waals surface area (Å²) in [6.07, 6.45) is 4.47. The standard InChI is InChI=1S/C34H30/c1-23-27(21-33-29(23)15-9-17-31(33)25-11-5-3-6-12-25)19-20-28-22-34-30(24(28)2)16-10-18-32(34)26-13-7-4-8-14-26/h3-18H,19-22H2,1-2H3. The summed E-state index contributed by atoms with van der Waals surface area (Å²) in [6.45, 7) is 4.65. The zero-order chi connectivity index (χ0) is 23.1. The lowest BCUT2D eigenvalue weighted by Gasteiger charge is -2.10. The first-order valence-electron chi connectivity index (χ1n) is 12.4. The van der Waals surface area contributed by atoms with Crippen molar-refractivity contribution in [2.24, 2.45) is 0 Å². The molecule has 0 bridgehead atoms. The van der Waals surface area contributed by atoms with Gasteiger partial charge in [0.25, 0.3) is 0 Å². The predicted octanol–water partition coefficient (Wildman–Crippen LogP) is 9.16. The van der Waals surface area contributed by atoms with Crippen LogP contribution in [0.15, 0.2) is 108 Å². The van der Waals surface area contributed by atoms with E-state index in [1.807, 2.05) is 0 Å². The molecule has 0 saturated carbocycles. The Morgan fingerprint density at radius 2 is 0.824 bits per heavy atom. The highest BCUT2D eigenvalue weighted by atomic mass is 14.3. The molecule has 0 saturated heterocycles. The number of fused-ring (bicyclic) bond motifs is 2. The largest absolute Gasteiger partial charge is 0.0622 e. The topological polar surface area (TPSA) is 0 Å². The zero-order valence-corrected chi connectivity index (χ0v) is 20.1. The van der Waals surface area contributed by atoms with Crippen molar-refractivity contribution in [2.45, 2.75) is 39.5 Å². The van der Waals surface area contributed by atoms with Crippen LogP contribution < -0.4 is 0 Å². The Hall–Kier alpha value is -3.64. The highest BCUT2D eigenvalue weighted by molar-refractivity contribution is 5.84. The maximum atomic E-state index is 2.33. The Bertz CT molecular complexity index is 1320. The molecule has 0 nitrogen and oxygen atoms in total. The van der Waals surface area contributed by atoms with Crippen LogP contribution in [0.2, 0.25) is 0 Å². The monoisotopic (exact) mass is 438 g/mol. The van der Waals surface area contributed by atoms with Crippen molar-refractivity contribution < 1.29 is 0 Å². The van der Waals surface area contributed by atoms with E-state index in [0.717, 1.165) is 25.7 Å². The van der Waals surface area contributed by atoms with Crippen LogP contribution in [0.4, 0.5) is 0 Å². The second-order valence-electron chi connectivity index (χ2n) is 9.71. The molecule has 0 heteroatoms. The molecule has 2 aliphatic rings. The van der Waals surface area contributed by atoms with Gasteiger partial charge in [-0.1, -0.05) is 108 Å². The van der Waals surface area contributed by atoms with Crippen LogP contribution in [0.25, 0.3) is 33.4 Å². The molecule has 0 fully saturated rings. The van der Waals surface area contributed by atoms with E-state index >= 15 is 0 Å². The second kappa shape index (κ2) is 8.61. The van der Waals surface area contributed by atoms with Gasteiger partial charge in [0.05, 0.1) is 0 Å². The molecule has 0 spiro atoms. The van der Waals surface area contributed by atoms with E-state index in [0.29, 0.717) is 0 Å². The van der Waals surface area contributed by atoms with Gasteiger partial charge in [-0.25, -0.2) is 0 Å². The average Bonchev–Trinajstić information content (AvgIpc) is 3.40. The van der Waals surface area contributed by atoms with E-state index in [1.165, 1.54) is 55.7 Å². The minimum atomic E-state index is 1.08. The molecule has 0 heterocycles. The molecule has 0 N–H and O–H groups in total. The maximum absolute atomic E-state index is 2.33. The quantitative estimate of drug-likeness (QED) is 0.291. The predicted molar refractivity (Wildman–Crippen MR) is 146 cm³/mol. The molecule has 4 aromatic rings. The van der Waals surface area contributed by atoms with E-state index in [2.05, 4.69) is 111 Å². The maximum Gasteiger partial charge on any atom is -0.00488 e. The fourth-order valence-electron chi connectivity index (χ4n) is 5.96. The summed E-state index contributed by atoms with van der Waals surface area (Å²) in [5, 5.41) is 0. The smallest absolute Gasteiger partial charge is 0.00488 e. The molecule has 0 radical (unpaired) electrons. The van der Waals surface area contributed by atoms with Crippen molar-refractivity contribution in [3.8, 4) is 22.3 Å². The van der Waals surface area contributed by atoms with Gasteiger partial charge in [0.15, 0.2) is 0 Å². The number of benzene rings is 4. The first-order chi connectivity index (χ1) is 16.7. The molecule has 0 aromatic heterocycles. The van der Waals surface area contributed by atoms with Crippen LogP contribution in [0.3, 0.4) is 0 Å². The second-order valence-corrected chi connectivity index (χ2v) is 9.71. The van der Waals surface area contributed by atoms with Gasteiger partial charge in [-0.05, 0) is 95.2 Å². The van der Waals surface area contributed by atoms with Gasteiger partial charge in [-0.3, -0.25) is 0 Å². The Balaban J connectivity index is 1.24. The van der Waals surface area contributed by atoms with E-state index in [-0.39, 0.29) is 0 Å². The molecule has 6 rings (SSSR count). The lowest BCUT2D eigenvalue weighted by molar-refractivity contribution is 0.881. The lowest BCUT2D eigenvalue weighted by atomic mass is 9.94. The molecule has 34 heavy (non-hydrogen) atoms. The molecule has 0 atom stereocenters. The Labute approximate surface area is 203 Å². The number of hydrogen-bond acceptors (Lipinski definition) is 0. The van der Waals surface area contributed by atoms with Crippen molar-refractivity contribution in [2.75, 3.05) is 0 Å². The third-order valence-corrected chi connectivity index (χ3v) is 7.90. The Morgan fingerprint density at radius 1 is 0.441 bits per heavy atom. The highest BCUT2D eigenvalue weighted by Crippen LogP contribution is 2.43. The van der Waals surface area contributed by atoms with E-state index < -0.39 is 0 Å². The van der Waals surface area contributed by atoms with Gasteiger partial charge in [0.1, 0.15) is 0 Å². The van der Waals surface area contributed by atoms with Crippen LogP contribution in [-0.4, -0.2) is 0 Å². The molecule has 166 valence electrons. The van der Waals surface area contributed by atoms with Crippen molar-refractivity contribution >= 4 is 11.1 Å². The van der Waals surface area contributed by atoms with Gasteiger partial charge in [0, 0.05) is 0 Å². The van der Waals surface area contributed by atoms with E-state index in [1.54, 1.807) is 11.1 Å². The van der Waals surface area contributed by atoms with Crippen molar-refractivity contribution in [1.82, 2.24) is 0 Å². The summed E-state index contributed by atoms with van der Waals surface area (Å²) in [5.74, 6) is 0. The van der Waals surface area contributed by atoms with E-state index in [9.17, 15) is 0 Å². The first kappa shape index (κ1) is 20.9. The summed E-state index contributed by atoms with van der Waals surface area (Å²) in [4.78, 5) is 0. The fraction of sp³-hybridized carbons (Fsp3) is 0.176. The summed E-state index contributed by atoms with van der Waals surface area (Å²) in [5.41, 5.74) is 17.5. The fourth-order valence-corrected chi connectivity index (χ4v) is 5.96. The minimum Gasteiger partial charge on any atom is -0.0622 e. The molecule has 0 amide bonds. The lowest BCUT2D eigenvalue weighted by Crippen LogP contribution is -1.93. The third kappa shape index (κ3) is 3.55. The zero-order valence-electron chi connectivity index (χ0n) is 20.1. The summed E-state index contributed by atoms with van der Waals surface area (Å²) in [6, 6.07) is 35.3. The Morgan fingerprint density at radius 3 is 1.24 bits per heavy atom. The minimum absolute atomic E-state index is 1.08. The normalized spacial score (nSPS) is 14.5. The molecule has 0 unspecified atom stereocenters. The van der Waals surface area contributed by atoms with Crippen LogP contribution in [-0.2, 0) is 12.8 Å². The SMILES string of the molecule is CC1=C(CCC2=C(C)c3cccc(-c4ccccc4)c3C2)Cc2c1cccc2-c1ccccc1. The van der Waals surface area contributed by atoms with Crippen LogP contribution in [0, 0.1) is 0 Å². The summed E-state index contributed by atoms with van der Waals surface area (Å²) < 4.78 is 0. The molecular weight excluding hydrogens is 408 g/mol. The number of hydrogen-bond donors (Lipinski definition) is 0. The highest BCUT2D eigenvalue weighted by Gasteiger charge is 2.24. The van der Waals surface area contributed by atoms with Gasteiger partial charge < -0.3 is 0 Å². The molecular formula is C34H30. The molecule has 0 aliphatic heterocycles. The van der Waals surface area contributed by atoms with Crippen molar-refractivity contribution in [3.05, 3.63) is 130 Å². The summed E-state index contributed by atoms with van der Waals surface area (Å²) in [7, 11) is 0. The van der Waals surface area contributed by atoms with Gasteiger partial charge in [-0.15, -0.1) is 0 Å². The van der Waals surface area contributed by atoms with Crippen LogP contribution >= 0.6 is 0 Å². The van der Waals surface area contributed by atoms with Gasteiger partial charge >= 0.3 is 0 Å². The number of rotatable bonds is 5. The van der Waals surface area contributed by atoms with Gasteiger partial charge in [0.2, 0.25) is 0 Å². The third-order valence-electron chi connectivity index (χ3n) is 7.90. The molecule has 2 aliphatic carbocycles. The summed E-state index contributed by atoms with van der Waals surface area (Å²) >= 11 is 0. The van der Waals surface area contributed by atoms with Crippen molar-refractivity contribution in [3.63, 3.8) is 0 Å².